The first kappa shape index (κ1) is 13.9. The highest BCUT2D eigenvalue weighted by Crippen LogP contribution is 2.32. The third-order valence-electron chi connectivity index (χ3n) is 2.92. The topological polar surface area (TPSA) is 41.1 Å². The van der Waals surface area contributed by atoms with E-state index >= 15 is 0 Å². The summed E-state index contributed by atoms with van der Waals surface area (Å²) in [5.74, 6) is 0.343. The van der Waals surface area contributed by atoms with Crippen molar-refractivity contribution in [1.82, 2.24) is 5.32 Å². The van der Waals surface area contributed by atoms with E-state index in [1.54, 1.807) is 6.07 Å². The van der Waals surface area contributed by atoms with Gasteiger partial charge < -0.3 is 10.6 Å². The van der Waals surface area contributed by atoms with E-state index in [0.29, 0.717) is 33.1 Å². The lowest BCUT2D eigenvalue weighted by Crippen LogP contribution is -2.18. The van der Waals surface area contributed by atoms with E-state index in [-0.39, 0.29) is 5.91 Å². The molecule has 2 N–H and O–H groups in total. The maximum Gasteiger partial charge on any atom is 0.224 e. The van der Waals surface area contributed by atoms with Gasteiger partial charge in [-0.3, -0.25) is 4.79 Å². The molecule has 1 aromatic carbocycles. The summed E-state index contributed by atoms with van der Waals surface area (Å²) in [6, 6.07) is 3.09. The van der Waals surface area contributed by atoms with Gasteiger partial charge in [-0.2, -0.15) is 0 Å². The second kappa shape index (κ2) is 6.11. The van der Waals surface area contributed by atoms with Gasteiger partial charge >= 0.3 is 0 Å². The highest BCUT2D eigenvalue weighted by atomic mass is 35.5. The summed E-state index contributed by atoms with van der Waals surface area (Å²) in [5.41, 5.74) is 0.502. The molecule has 1 amide bonds. The summed E-state index contributed by atoms with van der Waals surface area (Å²) in [6.07, 6.45) is 1.52. The average molecular weight is 308 g/mol. The molecule has 1 fully saturated rings. The van der Waals surface area contributed by atoms with Crippen molar-refractivity contribution in [1.29, 1.82) is 0 Å². The summed E-state index contributed by atoms with van der Waals surface area (Å²) in [6.45, 7) is 1.87. The predicted octanol–water partition coefficient (Wildman–Crippen LogP) is 3.58. The fraction of sp³-hybridized carbons (Fsp3) is 0.417. The van der Waals surface area contributed by atoms with Gasteiger partial charge in [-0.15, -0.1) is 0 Å². The summed E-state index contributed by atoms with van der Waals surface area (Å²) >= 11 is 17.7. The highest BCUT2D eigenvalue weighted by Gasteiger charge is 2.18. The van der Waals surface area contributed by atoms with Crippen LogP contribution in [0.1, 0.15) is 12.8 Å². The van der Waals surface area contributed by atoms with Crippen molar-refractivity contribution >= 4 is 46.4 Å². The molecule has 1 aliphatic heterocycles. The molecule has 0 bridgehead atoms. The fourth-order valence-corrected chi connectivity index (χ4v) is 2.56. The van der Waals surface area contributed by atoms with Gasteiger partial charge in [0.05, 0.1) is 20.8 Å². The smallest absolute Gasteiger partial charge is 0.224 e. The summed E-state index contributed by atoms with van der Waals surface area (Å²) in [4.78, 5) is 11.8. The Balaban J connectivity index is 2.00. The van der Waals surface area contributed by atoms with Crippen LogP contribution in [0.15, 0.2) is 12.1 Å². The van der Waals surface area contributed by atoms with Crippen molar-refractivity contribution in [3.63, 3.8) is 0 Å². The largest absolute Gasteiger partial charge is 0.325 e. The van der Waals surface area contributed by atoms with Gasteiger partial charge in [0.25, 0.3) is 0 Å². The Bertz CT molecular complexity index is 459. The summed E-state index contributed by atoms with van der Waals surface area (Å²) < 4.78 is 0. The molecule has 1 saturated heterocycles. The number of halogens is 3. The molecule has 98 valence electrons. The second-order valence-electron chi connectivity index (χ2n) is 4.36. The molecule has 3 nitrogen and oxygen atoms in total. The SMILES string of the molecule is O=C(CC1CCNC1)Nc1cc(Cl)c(Cl)cc1Cl. The van der Waals surface area contributed by atoms with Gasteiger partial charge in [-0.25, -0.2) is 0 Å². The molecule has 0 spiro atoms. The zero-order valence-electron chi connectivity index (χ0n) is 9.60. The first-order valence-corrected chi connectivity index (χ1v) is 6.85. The molecular formula is C12H13Cl3N2O. The second-order valence-corrected chi connectivity index (χ2v) is 5.58. The highest BCUT2D eigenvalue weighted by molar-refractivity contribution is 6.44. The lowest BCUT2D eigenvalue weighted by molar-refractivity contribution is -0.116. The van der Waals surface area contributed by atoms with E-state index < -0.39 is 0 Å². The minimum absolute atomic E-state index is 0.0519. The van der Waals surface area contributed by atoms with Crippen molar-refractivity contribution in [3.8, 4) is 0 Å². The molecule has 1 aliphatic rings. The minimum atomic E-state index is -0.0519. The maximum absolute atomic E-state index is 11.8. The Morgan fingerprint density at radius 2 is 2.00 bits per heavy atom. The number of nitrogens with one attached hydrogen (secondary N) is 2. The number of hydrogen-bond donors (Lipinski definition) is 2. The van der Waals surface area contributed by atoms with Crippen LogP contribution in [-0.2, 0) is 4.79 Å². The molecule has 6 heteroatoms. The number of benzene rings is 1. The van der Waals surface area contributed by atoms with Gasteiger partial charge in [0, 0.05) is 6.42 Å². The minimum Gasteiger partial charge on any atom is -0.325 e. The van der Waals surface area contributed by atoms with Crippen LogP contribution in [-0.4, -0.2) is 19.0 Å². The van der Waals surface area contributed by atoms with Gasteiger partial charge in [0.2, 0.25) is 5.91 Å². The Hall–Kier alpha value is -0.480. The van der Waals surface area contributed by atoms with Crippen LogP contribution in [0.3, 0.4) is 0 Å². The van der Waals surface area contributed by atoms with Crippen molar-refractivity contribution in [2.75, 3.05) is 18.4 Å². The van der Waals surface area contributed by atoms with Crippen molar-refractivity contribution < 1.29 is 4.79 Å². The molecule has 1 unspecified atom stereocenters. The Kier molecular flexibility index (Phi) is 4.73. The summed E-state index contributed by atoms with van der Waals surface area (Å²) in [7, 11) is 0. The standard InChI is InChI=1S/C12H13Cl3N2O/c13-8-4-10(15)11(5-9(8)14)17-12(18)3-7-1-2-16-6-7/h4-5,7,16H,1-3,6H2,(H,17,18). The number of hydrogen-bond acceptors (Lipinski definition) is 2. The molecule has 0 radical (unpaired) electrons. The van der Waals surface area contributed by atoms with Crippen molar-refractivity contribution in [2.45, 2.75) is 12.8 Å². The first-order chi connectivity index (χ1) is 8.56. The molecule has 1 aromatic rings. The molecule has 1 atom stereocenters. The lowest BCUT2D eigenvalue weighted by atomic mass is 10.0. The van der Waals surface area contributed by atoms with Gasteiger partial charge in [0.15, 0.2) is 0 Å². The predicted molar refractivity (Wildman–Crippen MR) is 75.7 cm³/mol. The third-order valence-corrected chi connectivity index (χ3v) is 3.96. The Labute approximate surface area is 121 Å². The quantitative estimate of drug-likeness (QED) is 0.838. The molecule has 1 heterocycles. The number of amides is 1. The third kappa shape index (κ3) is 3.51. The van der Waals surface area contributed by atoms with Gasteiger partial charge in [-0.05, 0) is 37.6 Å². The van der Waals surface area contributed by atoms with Crippen LogP contribution < -0.4 is 10.6 Å². The zero-order chi connectivity index (χ0) is 13.1. The molecule has 0 aromatic heterocycles. The Morgan fingerprint density at radius 1 is 1.28 bits per heavy atom. The van der Waals surface area contributed by atoms with Crippen LogP contribution in [0.2, 0.25) is 15.1 Å². The molecular weight excluding hydrogens is 295 g/mol. The van der Waals surface area contributed by atoms with Crippen LogP contribution in [0.25, 0.3) is 0 Å². The normalized spacial score (nSPS) is 18.9. The van der Waals surface area contributed by atoms with Crippen LogP contribution in [0.4, 0.5) is 5.69 Å². The molecule has 18 heavy (non-hydrogen) atoms. The van der Waals surface area contributed by atoms with Crippen LogP contribution >= 0.6 is 34.8 Å². The van der Waals surface area contributed by atoms with Crippen LogP contribution in [0, 0.1) is 5.92 Å². The van der Waals surface area contributed by atoms with Gasteiger partial charge in [-0.1, -0.05) is 34.8 Å². The van der Waals surface area contributed by atoms with E-state index in [2.05, 4.69) is 10.6 Å². The van der Waals surface area contributed by atoms with E-state index in [0.717, 1.165) is 19.5 Å². The number of carbonyl (C=O) groups is 1. The van der Waals surface area contributed by atoms with Crippen molar-refractivity contribution in [2.24, 2.45) is 5.92 Å². The Morgan fingerprint density at radius 3 is 2.67 bits per heavy atom. The number of anilines is 1. The molecule has 2 rings (SSSR count). The van der Waals surface area contributed by atoms with E-state index in [1.807, 2.05) is 0 Å². The van der Waals surface area contributed by atoms with E-state index in [4.69, 9.17) is 34.8 Å². The van der Waals surface area contributed by atoms with E-state index in [9.17, 15) is 4.79 Å². The zero-order valence-corrected chi connectivity index (χ0v) is 11.9. The monoisotopic (exact) mass is 306 g/mol. The van der Waals surface area contributed by atoms with Crippen molar-refractivity contribution in [3.05, 3.63) is 27.2 Å². The fourth-order valence-electron chi connectivity index (χ4n) is 1.97. The molecule has 0 aliphatic carbocycles. The lowest BCUT2D eigenvalue weighted by Gasteiger charge is -2.11. The number of carbonyl (C=O) groups excluding carboxylic acids is 1. The average Bonchev–Trinajstić information content (AvgIpc) is 2.78. The number of rotatable bonds is 3. The van der Waals surface area contributed by atoms with Gasteiger partial charge in [0.1, 0.15) is 0 Å². The first-order valence-electron chi connectivity index (χ1n) is 5.71. The van der Waals surface area contributed by atoms with Crippen LogP contribution in [0.5, 0.6) is 0 Å². The maximum atomic E-state index is 11.8. The molecule has 0 saturated carbocycles. The van der Waals surface area contributed by atoms with E-state index in [1.165, 1.54) is 6.07 Å². The summed E-state index contributed by atoms with van der Waals surface area (Å²) in [5, 5.41) is 7.13.